The maximum absolute atomic E-state index is 11.0. The van der Waals surface area contributed by atoms with Crippen LogP contribution in [-0.4, -0.2) is 31.1 Å². The van der Waals surface area contributed by atoms with E-state index in [1.807, 2.05) is 32.0 Å². The van der Waals surface area contributed by atoms with E-state index in [0.29, 0.717) is 6.42 Å². The quantitative estimate of drug-likeness (QED) is 0.803. The topological polar surface area (TPSA) is 54.0 Å². The van der Waals surface area contributed by atoms with Crippen molar-refractivity contribution in [3.8, 4) is 11.5 Å². The molecule has 0 aromatic heterocycles. The Hall–Kier alpha value is -1.85. The van der Waals surface area contributed by atoms with E-state index in [1.54, 1.807) is 0 Å². The number of ether oxygens (including phenoxy) is 4. The fourth-order valence-electron chi connectivity index (χ4n) is 3.61. The molecule has 122 valence electrons. The van der Waals surface area contributed by atoms with Crippen molar-refractivity contribution in [1.82, 2.24) is 0 Å². The van der Waals surface area contributed by atoms with Crippen LogP contribution in [0.4, 0.5) is 0 Å². The smallest absolute Gasteiger partial charge is 0.231 e. The van der Waals surface area contributed by atoms with Gasteiger partial charge in [0.15, 0.2) is 17.3 Å². The van der Waals surface area contributed by atoms with Gasteiger partial charge in [0.25, 0.3) is 0 Å². The van der Waals surface area contributed by atoms with Gasteiger partial charge in [0.1, 0.15) is 12.4 Å². The molecule has 0 unspecified atom stereocenters. The molecule has 3 atom stereocenters. The first-order chi connectivity index (χ1) is 11.1. The van der Waals surface area contributed by atoms with Crippen LogP contribution in [-0.2, 0) is 14.3 Å². The molecule has 23 heavy (non-hydrogen) atoms. The molecule has 0 radical (unpaired) electrons. The van der Waals surface area contributed by atoms with Crippen LogP contribution in [0, 0.1) is 5.92 Å². The molecule has 0 bridgehead atoms. The minimum atomic E-state index is -0.610. The van der Waals surface area contributed by atoms with Crippen molar-refractivity contribution >= 4 is 11.9 Å². The van der Waals surface area contributed by atoms with Gasteiger partial charge in [-0.1, -0.05) is 12.1 Å². The number of allylic oxidation sites excluding steroid dienone is 1. The SMILES string of the molecule is CC1(C)O[C@H]2C[C@H](CC=O)C=C(c3ccc4c(c3)OCO4)[C@H]2O1. The highest BCUT2D eigenvalue weighted by Gasteiger charge is 2.46. The van der Waals surface area contributed by atoms with Gasteiger partial charge < -0.3 is 23.7 Å². The summed E-state index contributed by atoms with van der Waals surface area (Å²) < 4.78 is 23.0. The van der Waals surface area contributed by atoms with E-state index in [1.165, 1.54) is 0 Å². The summed E-state index contributed by atoms with van der Waals surface area (Å²) >= 11 is 0. The van der Waals surface area contributed by atoms with Crippen molar-refractivity contribution < 1.29 is 23.7 Å². The predicted octanol–water partition coefficient (Wildman–Crippen LogP) is 2.93. The summed E-state index contributed by atoms with van der Waals surface area (Å²) in [6, 6.07) is 5.90. The minimum absolute atomic E-state index is 0.0274. The second-order valence-electron chi connectivity index (χ2n) is 6.68. The molecule has 4 rings (SSSR count). The lowest BCUT2D eigenvalue weighted by atomic mass is 9.82. The second kappa shape index (κ2) is 5.35. The normalized spacial score (nSPS) is 30.7. The Balaban J connectivity index is 1.72. The molecule has 1 aromatic carbocycles. The maximum atomic E-state index is 11.0. The van der Waals surface area contributed by atoms with Gasteiger partial charge >= 0.3 is 0 Å². The number of hydrogen-bond donors (Lipinski definition) is 0. The molecule has 5 nitrogen and oxygen atoms in total. The third kappa shape index (κ3) is 2.64. The highest BCUT2D eigenvalue weighted by Crippen LogP contribution is 2.44. The second-order valence-corrected chi connectivity index (χ2v) is 6.68. The number of fused-ring (bicyclic) bond motifs is 2. The Bertz CT molecular complexity index is 663. The summed E-state index contributed by atoms with van der Waals surface area (Å²) in [6.45, 7) is 4.11. The Morgan fingerprint density at radius 2 is 2.04 bits per heavy atom. The number of aldehydes is 1. The van der Waals surface area contributed by atoms with Crippen LogP contribution in [0.2, 0.25) is 0 Å². The molecular weight excluding hydrogens is 296 g/mol. The number of hydrogen-bond acceptors (Lipinski definition) is 5. The molecular formula is C18H20O5. The fraction of sp³-hybridized carbons (Fsp3) is 0.500. The Labute approximate surface area is 135 Å². The average Bonchev–Trinajstić information content (AvgIpc) is 3.08. The lowest BCUT2D eigenvalue weighted by molar-refractivity contribution is -0.143. The van der Waals surface area contributed by atoms with Crippen LogP contribution in [0.15, 0.2) is 24.3 Å². The van der Waals surface area contributed by atoms with Gasteiger partial charge in [-0.05, 0) is 49.5 Å². The van der Waals surface area contributed by atoms with Gasteiger partial charge in [-0.25, -0.2) is 0 Å². The summed E-state index contributed by atoms with van der Waals surface area (Å²) in [7, 11) is 0. The number of carbonyl (C=O) groups is 1. The molecule has 2 aliphatic heterocycles. The largest absolute Gasteiger partial charge is 0.454 e. The number of benzene rings is 1. The lowest BCUT2D eigenvalue weighted by Gasteiger charge is -2.29. The zero-order chi connectivity index (χ0) is 16.0. The molecule has 0 saturated carbocycles. The molecule has 1 aromatic rings. The van der Waals surface area contributed by atoms with Crippen LogP contribution < -0.4 is 9.47 Å². The van der Waals surface area contributed by atoms with Crippen LogP contribution in [0.25, 0.3) is 5.57 Å². The Morgan fingerprint density at radius 3 is 2.87 bits per heavy atom. The first kappa shape index (κ1) is 14.7. The standard InChI is InChI=1S/C18H20O5/c1-18(2)22-16-8-11(5-6-19)7-13(17(16)23-18)12-3-4-14-15(9-12)21-10-20-14/h3-4,6-7,9,11,16-17H,5,8,10H2,1-2H3/t11-,16+,17-/m1/s1. The van der Waals surface area contributed by atoms with E-state index in [0.717, 1.165) is 35.3 Å². The van der Waals surface area contributed by atoms with E-state index in [2.05, 4.69) is 6.08 Å². The Morgan fingerprint density at radius 1 is 1.22 bits per heavy atom. The van der Waals surface area contributed by atoms with Gasteiger partial charge in [0.05, 0.1) is 6.10 Å². The van der Waals surface area contributed by atoms with Gasteiger partial charge in [-0.3, -0.25) is 0 Å². The van der Waals surface area contributed by atoms with Gasteiger partial charge in [0, 0.05) is 6.42 Å². The van der Waals surface area contributed by atoms with Crippen molar-refractivity contribution in [1.29, 1.82) is 0 Å². The van der Waals surface area contributed by atoms with Gasteiger partial charge in [-0.2, -0.15) is 0 Å². The minimum Gasteiger partial charge on any atom is -0.454 e. The van der Waals surface area contributed by atoms with E-state index in [4.69, 9.17) is 18.9 Å². The summed E-state index contributed by atoms with van der Waals surface area (Å²) in [6.07, 6.45) is 4.29. The number of rotatable bonds is 3. The van der Waals surface area contributed by atoms with E-state index >= 15 is 0 Å². The summed E-state index contributed by atoms with van der Waals surface area (Å²) in [5, 5.41) is 0. The lowest BCUT2D eigenvalue weighted by Crippen LogP contribution is -2.31. The average molecular weight is 316 g/mol. The Kier molecular flexibility index (Phi) is 3.43. The molecule has 0 amide bonds. The van der Waals surface area contributed by atoms with E-state index < -0.39 is 5.79 Å². The summed E-state index contributed by atoms with van der Waals surface area (Å²) in [5.74, 6) is 1.07. The van der Waals surface area contributed by atoms with Crippen molar-refractivity contribution in [3.63, 3.8) is 0 Å². The molecule has 3 aliphatic rings. The first-order valence-electron chi connectivity index (χ1n) is 7.97. The monoisotopic (exact) mass is 316 g/mol. The predicted molar refractivity (Wildman–Crippen MR) is 83.2 cm³/mol. The van der Waals surface area contributed by atoms with Crippen LogP contribution in [0.1, 0.15) is 32.3 Å². The first-order valence-corrected chi connectivity index (χ1v) is 7.97. The van der Waals surface area contributed by atoms with E-state index in [-0.39, 0.29) is 24.9 Å². The van der Waals surface area contributed by atoms with Crippen molar-refractivity contribution in [2.45, 2.75) is 44.7 Å². The zero-order valence-electron chi connectivity index (χ0n) is 13.3. The van der Waals surface area contributed by atoms with Crippen molar-refractivity contribution in [2.75, 3.05) is 6.79 Å². The van der Waals surface area contributed by atoms with Crippen molar-refractivity contribution in [2.24, 2.45) is 5.92 Å². The molecule has 0 spiro atoms. The van der Waals surface area contributed by atoms with Gasteiger partial charge in [0.2, 0.25) is 6.79 Å². The van der Waals surface area contributed by atoms with Crippen LogP contribution in [0.5, 0.6) is 11.5 Å². The highest BCUT2D eigenvalue weighted by atomic mass is 16.8. The summed E-state index contributed by atoms with van der Waals surface area (Å²) in [5.41, 5.74) is 2.10. The molecule has 1 aliphatic carbocycles. The number of carbonyl (C=O) groups excluding carboxylic acids is 1. The molecule has 1 fully saturated rings. The molecule has 2 heterocycles. The zero-order valence-corrected chi connectivity index (χ0v) is 13.3. The third-order valence-corrected chi connectivity index (χ3v) is 4.55. The van der Waals surface area contributed by atoms with Crippen LogP contribution in [0.3, 0.4) is 0 Å². The molecule has 5 heteroatoms. The van der Waals surface area contributed by atoms with Crippen molar-refractivity contribution in [3.05, 3.63) is 29.8 Å². The molecule has 0 N–H and O–H groups in total. The van der Waals surface area contributed by atoms with Crippen LogP contribution >= 0.6 is 0 Å². The van der Waals surface area contributed by atoms with E-state index in [9.17, 15) is 4.79 Å². The fourth-order valence-corrected chi connectivity index (χ4v) is 3.61. The summed E-state index contributed by atoms with van der Waals surface area (Å²) in [4.78, 5) is 11.0. The molecule has 1 saturated heterocycles. The highest BCUT2D eigenvalue weighted by molar-refractivity contribution is 5.73. The van der Waals surface area contributed by atoms with Gasteiger partial charge in [-0.15, -0.1) is 0 Å². The maximum Gasteiger partial charge on any atom is 0.231 e. The third-order valence-electron chi connectivity index (χ3n) is 4.55.